The molecule has 3 aromatic rings. The number of aromatic amines is 1. The Hall–Kier alpha value is -3.61. The average molecular weight is 443 g/mol. The van der Waals surface area contributed by atoms with E-state index < -0.39 is 29.4 Å². The van der Waals surface area contributed by atoms with Crippen LogP contribution in [0.5, 0.6) is 0 Å². The molecule has 1 amide bonds. The number of amides is 1. The minimum absolute atomic E-state index is 0.0825. The molecule has 1 aliphatic heterocycles. The van der Waals surface area contributed by atoms with Gasteiger partial charge in [0.1, 0.15) is 5.52 Å². The van der Waals surface area contributed by atoms with E-state index in [1.807, 2.05) is 0 Å². The quantitative estimate of drug-likeness (QED) is 0.366. The summed E-state index contributed by atoms with van der Waals surface area (Å²) in [5, 5.41) is 24.9. The standard InChI is InChI=1S/C18H11F6N5O2/c19-17(20,21)16(31,18(22,23)24)8-1-3-9(4-2-8)25-7-10-13-11(26-15(10)30)5-6-12-14(13)28-29-27-12/h1-7,25,31H,(H,26,30)(H,27,28,29)/b10-7+. The highest BCUT2D eigenvalue weighted by Crippen LogP contribution is 2.50. The lowest BCUT2D eigenvalue weighted by Crippen LogP contribution is -2.53. The van der Waals surface area contributed by atoms with Crippen LogP contribution in [0.15, 0.2) is 42.6 Å². The summed E-state index contributed by atoms with van der Waals surface area (Å²) < 4.78 is 77.8. The maximum atomic E-state index is 13.0. The number of H-pyrrole nitrogens is 1. The summed E-state index contributed by atoms with van der Waals surface area (Å²) in [6.07, 6.45) is -10.7. The maximum Gasteiger partial charge on any atom is 0.430 e. The van der Waals surface area contributed by atoms with E-state index in [-0.39, 0.29) is 11.3 Å². The van der Waals surface area contributed by atoms with Gasteiger partial charge in [0.25, 0.3) is 11.5 Å². The van der Waals surface area contributed by atoms with Gasteiger partial charge in [-0.15, -0.1) is 5.10 Å². The lowest BCUT2D eigenvalue weighted by Gasteiger charge is -2.32. The fourth-order valence-electron chi connectivity index (χ4n) is 3.19. The van der Waals surface area contributed by atoms with Gasteiger partial charge in [0.2, 0.25) is 0 Å². The zero-order valence-corrected chi connectivity index (χ0v) is 15.1. The number of nitrogens with one attached hydrogen (secondary N) is 3. The predicted octanol–water partition coefficient (Wildman–Crippen LogP) is 3.68. The van der Waals surface area contributed by atoms with Crippen LogP contribution in [0.1, 0.15) is 11.1 Å². The second-order valence-corrected chi connectivity index (χ2v) is 6.63. The smallest absolute Gasteiger partial charge is 0.369 e. The molecule has 162 valence electrons. The number of hydrogen-bond donors (Lipinski definition) is 4. The van der Waals surface area contributed by atoms with E-state index in [2.05, 4.69) is 26.0 Å². The van der Waals surface area contributed by atoms with Crippen molar-refractivity contribution in [1.82, 2.24) is 15.4 Å². The van der Waals surface area contributed by atoms with Crippen LogP contribution in [0, 0.1) is 0 Å². The van der Waals surface area contributed by atoms with Crippen molar-refractivity contribution < 1.29 is 36.2 Å². The van der Waals surface area contributed by atoms with Crippen molar-refractivity contribution in [3.63, 3.8) is 0 Å². The molecule has 0 bridgehead atoms. The lowest BCUT2D eigenvalue weighted by atomic mass is 9.92. The number of halogens is 6. The summed E-state index contributed by atoms with van der Waals surface area (Å²) in [7, 11) is 0. The highest BCUT2D eigenvalue weighted by atomic mass is 19.4. The summed E-state index contributed by atoms with van der Waals surface area (Å²) in [5.74, 6) is -0.482. The fraction of sp³-hybridized carbons (Fsp3) is 0.167. The molecule has 4 rings (SSSR count). The minimum Gasteiger partial charge on any atom is -0.369 e. The van der Waals surface area contributed by atoms with Gasteiger partial charge in [0, 0.05) is 23.0 Å². The van der Waals surface area contributed by atoms with Gasteiger partial charge in [-0.25, -0.2) is 0 Å². The molecule has 31 heavy (non-hydrogen) atoms. The number of rotatable bonds is 3. The van der Waals surface area contributed by atoms with E-state index in [0.29, 0.717) is 34.4 Å². The molecule has 7 nitrogen and oxygen atoms in total. The number of aromatic nitrogens is 3. The molecule has 0 atom stereocenters. The molecule has 0 unspecified atom stereocenters. The topological polar surface area (TPSA) is 103 Å². The molecule has 2 aromatic carbocycles. The van der Waals surface area contributed by atoms with Crippen molar-refractivity contribution in [2.75, 3.05) is 10.6 Å². The van der Waals surface area contributed by atoms with Gasteiger partial charge < -0.3 is 15.7 Å². The van der Waals surface area contributed by atoms with Crippen molar-refractivity contribution in [2.24, 2.45) is 0 Å². The highest BCUT2D eigenvalue weighted by molar-refractivity contribution is 6.34. The summed E-state index contributed by atoms with van der Waals surface area (Å²) >= 11 is 0. The second kappa shape index (κ2) is 6.70. The Morgan fingerprint density at radius 3 is 2.23 bits per heavy atom. The van der Waals surface area contributed by atoms with Gasteiger partial charge >= 0.3 is 12.4 Å². The van der Waals surface area contributed by atoms with Crippen LogP contribution in [0.2, 0.25) is 0 Å². The molecular formula is C18H11F6N5O2. The number of nitrogens with zero attached hydrogens (tertiary/aromatic N) is 2. The molecule has 0 fully saturated rings. The van der Waals surface area contributed by atoms with Crippen molar-refractivity contribution in [3.8, 4) is 0 Å². The second-order valence-electron chi connectivity index (χ2n) is 6.63. The summed E-state index contributed by atoms with van der Waals surface area (Å²) in [6, 6.07) is 6.09. The summed E-state index contributed by atoms with van der Waals surface area (Å²) in [4.78, 5) is 12.3. The van der Waals surface area contributed by atoms with Crippen molar-refractivity contribution in [1.29, 1.82) is 0 Å². The first-order valence-corrected chi connectivity index (χ1v) is 8.52. The third-order valence-corrected chi connectivity index (χ3v) is 4.77. The number of benzene rings is 2. The SMILES string of the molecule is O=C1Nc2ccc3nn[nH]c3c2/C1=C\Nc1ccc(C(O)(C(F)(F)F)C(F)(F)F)cc1. The lowest BCUT2D eigenvalue weighted by molar-refractivity contribution is -0.376. The number of alkyl halides is 6. The Labute approximate surface area is 168 Å². The molecule has 13 heteroatoms. The number of carbonyl (C=O) groups excluding carboxylic acids is 1. The zero-order valence-electron chi connectivity index (χ0n) is 15.1. The monoisotopic (exact) mass is 443 g/mol. The fourth-order valence-corrected chi connectivity index (χ4v) is 3.19. The largest absolute Gasteiger partial charge is 0.430 e. The van der Waals surface area contributed by atoms with Gasteiger partial charge in [0.15, 0.2) is 0 Å². The third-order valence-electron chi connectivity index (χ3n) is 4.77. The Balaban J connectivity index is 1.65. The molecule has 0 aliphatic carbocycles. The Kier molecular flexibility index (Phi) is 4.46. The van der Waals surface area contributed by atoms with Gasteiger partial charge in [-0.2, -0.15) is 26.3 Å². The molecule has 2 heterocycles. The van der Waals surface area contributed by atoms with Gasteiger partial charge in [-0.3, -0.25) is 9.89 Å². The van der Waals surface area contributed by atoms with Gasteiger partial charge in [0.05, 0.1) is 16.8 Å². The molecule has 0 radical (unpaired) electrons. The first kappa shape index (κ1) is 20.7. The number of anilines is 2. The Morgan fingerprint density at radius 1 is 0.968 bits per heavy atom. The van der Waals surface area contributed by atoms with Crippen LogP contribution in [0.25, 0.3) is 16.6 Å². The normalized spacial score (nSPS) is 16.0. The van der Waals surface area contributed by atoms with Crippen LogP contribution in [0.3, 0.4) is 0 Å². The molecule has 0 spiro atoms. The van der Waals surface area contributed by atoms with Crippen LogP contribution < -0.4 is 10.6 Å². The van der Waals surface area contributed by atoms with Crippen molar-refractivity contribution >= 4 is 33.9 Å². The number of hydrogen-bond acceptors (Lipinski definition) is 5. The average Bonchev–Trinajstić information content (AvgIpc) is 3.27. The van der Waals surface area contributed by atoms with E-state index in [1.54, 1.807) is 12.1 Å². The van der Waals surface area contributed by atoms with Crippen molar-refractivity contribution in [2.45, 2.75) is 18.0 Å². The summed E-state index contributed by atoms with van der Waals surface area (Å²) in [5.41, 5.74) is -4.27. The van der Waals surface area contributed by atoms with E-state index in [9.17, 15) is 36.2 Å². The number of aliphatic hydroxyl groups is 1. The van der Waals surface area contributed by atoms with Gasteiger partial charge in [-0.05, 0) is 24.3 Å². The first-order valence-electron chi connectivity index (χ1n) is 8.52. The minimum atomic E-state index is -5.97. The van der Waals surface area contributed by atoms with E-state index in [0.717, 1.165) is 12.1 Å². The number of fused-ring (bicyclic) bond motifs is 3. The summed E-state index contributed by atoms with van der Waals surface area (Å²) in [6.45, 7) is 0. The van der Waals surface area contributed by atoms with Gasteiger partial charge in [-0.1, -0.05) is 17.3 Å². The maximum absolute atomic E-state index is 13.0. The molecule has 1 aromatic heterocycles. The Morgan fingerprint density at radius 2 is 1.61 bits per heavy atom. The van der Waals surface area contributed by atoms with Crippen molar-refractivity contribution in [3.05, 3.63) is 53.7 Å². The van der Waals surface area contributed by atoms with Crippen LogP contribution in [-0.2, 0) is 10.4 Å². The van der Waals surface area contributed by atoms with Crippen LogP contribution >= 0.6 is 0 Å². The number of carbonyl (C=O) groups is 1. The molecular weight excluding hydrogens is 432 g/mol. The van der Waals surface area contributed by atoms with E-state index in [1.165, 1.54) is 6.20 Å². The predicted molar refractivity (Wildman–Crippen MR) is 96.6 cm³/mol. The third kappa shape index (κ3) is 3.17. The molecule has 4 N–H and O–H groups in total. The first-order chi connectivity index (χ1) is 14.4. The van der Waals surface area contributed by atoms with E-state index >= 15 is 0 Å². The highest BCUT2D eigenvalue weighted by Gasteiger charge is 2.71. The zero-order chi connectivity index (χ0) is 22.6. The molecule has 0 saturated heterocycles. The molecule has 1 aliphatic rings. The Bertz CT molecular complexity index is 1180. The van der Waals surface area contributed by atoms with Crippen LogP contribution in [0.4, 0.5) is 37.7 Å². The molecule has 0 saturated carbocycles. The van der Waals surface area contributed by atoms with Crippen LogP contribution in [-0.4, -0.2) is 38.8 Å². The van der Waals surface area contributed by atoms with E-state index in [4.69, 9.17) is 0 Å².